The number of anilines is 1. The summed E-state index contributed by atoms with van der Waals surface area (Å²) in [5, 5.41) is 4.79. The summed E-state index contributed by atoms with van der Waals surface area (Å²) in [6.45, 7) is 5.01. The van der Waals surface area contributed by atoms with Gasteiger partial charge in [-0.2, -0.15) is 13.2 Å². The van der Waals surface area contributed by atoms with Gasteiger partial charge < -0.3 is 15.5 Å². The Labute approximate surface area is 201 Å². The fraction of sp³-hybridized carbons (Fsp3) is 0.360. The summed E-state index contributed by atoms with van der Waals surface area (Å²) in [4.78, 5) is 44.3. The van der Waals surface area contributed by atoms with Gasteiger partial charge in [0.15, 0.2) is 0 Å². The van der Waals surface area contributed by atoms with Crippen LogP contribution in [0.15, 0.2) is 59.6 Å². The summed E-state index contributed by atoms with van der Waals surface area (Å²) >= 11 is 0. The van der Waals surface area contributed by atoms with Crippen LogP contribution in [0.1, 0.15) is 44.7 Å². The summed E-state index contributed by atoms with van der Waals surface area (Å²) in [7, 11) is 0. The van der Waals surface area contributed by atoms with Gasteiger partial charge in [-0.15, -0.1) is 0 Å². The van der Waals surface area contributed by atoms with E-state index < -0.39 is 48.9 Å². The van der Waals surface area contributed by atoms with Crippen molar-refractivity contribution in [2.75, 3.05) is 4.90 Å². The number of para-hydroxylation sites is 1. The van der Waals surface area contributed by atoms with Crippen molar-refractivity contribution < 1.29 is 27.6 Å². The Morgan fingerprint density at radius 3 is 2.29 bits per heavy atom. The number of benzodiazepines with no additional fused rings is 1. The van der Waals surface area contributed by atoms with Gasteiger partial charge in [0.25, 0.3) is 5.91 Å². The second-order valence-corrected chi connectivity index (χ2v) is 8.48. The predicted molar refractivity (Wildman–Crippen MR) is 126 cm³/mol. The Morgan fingerprint density at radius 1 is 1.03 bits per heavy atom. The van der Waals surface area contributed by atoms with Crippen LogP contribution in [0.25, 0.3) is 0 Å². The molecular formula is C25H27F3N4O3. The van der Waals surface area contributed by atoms with Crippen LogP contribution >= 0.6 is 0 Å². The fourth-order valence-corrected chi connectivity index (χ4v) is 3.74. The third-order valence-corrected chi connectivity index (χ3v) is 5.40. The van der Waals surface area contributed by atoms with Crippen molar-refractivity contribution in [2.45, 2.75) is 58.0 Å². The van der Waals surface area contributed by atoms with Crippen LogP contribution in [0.3, 0.4) is 0 Å². The van der Waals surface area contributed by atoms with E-state index in [0.29, 0.717) is 17.0 Å². The molecule has 0 bridgehead atoms. The van der Waals surface area contributed by atoms with E-state index in [1.807, 2.05) is 62.4 Å². The van der Waals surface area contributed by atoms with E-state index in [-0.39, 0.29) is 6.04 Å². The molecule has 2 N–H and O–H groups in total. The lowest BCUT2D eigenvalue weighted by Gasteiger charge is -2.29. The normalized spacial score (nSPS) is 16.8. The molecule has 2 aromatic rings. The minimum absolute atomic E-state index is 0.257. The van der Waals surface area contributed by atoms with E-state index in [9.17, 15) is 27.6 Å². The van der Waals surface area contributed by atoms with Crippen molar-refractivity contribution in [1.29, 1.82) is 0 Å². The third kappa shape index (κ3) is 6.46. The van der Waals surface area contributed by atoms with Gasteiger partial charge in [-0.3, -0.25) is 14.4 Å². The molecule has 186 valence electrons. The topological polar surface area (TPSA) is 90.9 Å². The second kappa shape index (κ2) is 10.7. The number of benzene rings is 2. The van der Waals surface area contributed by atoms with Gasteiger partial charge in [0.2, 0.25) is 18.0 Å². The molecule has 1 heterocycles. The Morgan fingerprint density at radius 2 is 1.66 bits per heavy atom. The SMILES string of the molecule is CC(C)N1C(=O)C(NC(=O)[C@H](C)NC(=O)CCC(F)(F)F)N=C(c2ccccc2)c2ccccc21. The predicted octanol–water partition coefficient (Wildman–Crippen LogP) is 3.57. The number of carbonyl (C=O) groups is 3. The van der Waals surface area contributed by atoms with Gasteiger partial charge in [-0.25, -0.2) is 4.99 Å². The van der Waals surface area contributed by atoms with Crippen molar-refractivity contribution in [1.82, 2.24) is 10.6 Å². The lowest BCUT2D eigenvalue weighted by molar-refractivity contribution is -0.144. The summed E-state index contributed by atoms with van der Waals surface area (Å²) in [6.07, 6.45) is -7.87. The monoisotopic (exact) mass is 488 g/mol. The zero-order valence-electron chi connectivity index (χ0n) is 19.6. The number of hydrogen-bond donors (Lipinski definition) is 2. The number of amides is 3. The van der Waals surface area contributed by atoms with E-state index in [1.165, 1.54) is 6.92 Å². The van der Waals surface area contributed by atoms with Gasteiger partial charge in [-0.05, 0) is 26.8 Å². The summed E-state index contributed by atoms with van der Waals surface area (Å²) in [5.74, 6) is -2.13. The zero-order chi connectivity index (χ0) is 25.8. The van der Waals surface area contributed by atoms with Crippen LogP contribution < -0.4 is 15.5 Å². The Balaban J connectivity index is 1.90. The van der Waals surface area contributed by atoms with Gasteiger partial charge in [0.05, 0.1) is 17.8 Å². The molecule has 0 aliphatic carbocycles. The number of nitrogens with zero attached hydrogens (tertiary/aromatic N) is 2. The second-order valence-electron chi connectivity index (χ2n) is 8.48. The van der Waals surface area contributed by atoms with Gasteiger partial charge in [0, 0.05) is 23.6 Å². The number of hydrogen-bond acceptors (Lipinski definition) is 4. The minimum Gasteiger partial charge on any atom is -0.345 e. The molecule has 0 spiro atoms. The highest BCUT2D eigenvalue weighted by molar-refractivity contribution is 6.20. The average Bonchev–Trinajstić information content (AvgIpc) is 2.92. The van der Waals surface area contributed by atoms with Crippen LogP contribution in [0.4, 0.5) is 18.9 Å². The molecule has 7 nitrogen and oxygen atoms in total. The van der Waals surface area contributed by atoms with Gasteiger partial charge in [0.1, 0.15) is 6.04 Å². The fourth-order valence-electron chi connectivity index (χ4n) is 3.74. The number of halogens is 3. The van der Waals surface area contributed by atoms with E-state index >= 15 is 0 Å². The molecule has 35 heavy (non-hydrogen) atoms. The maximum absolute atomic E-state index is 13.5. The first kappa shape index (κ1) is 25.9. The number of rotatable bonds is 7. The van der Waals surface area contributed by atoms with Crippen LogP contribution in [0, 0.1) is 0 Å². The number of fused-ring (bicyclic) bond motifs is 1. The molecule has 1 unspecified atom stereocenters. The average molecular weight is 489 g/mol. The van der Waals surface area contributed by atoms with E-state index in [2.05, 4.69) is 15.6 Å². The van der Waals surface area contributed by atoms with Crippen LogP contribution in [-0.4, -0.2) is 47.9 Å². The maximum Gasteiger partial charge on any atom is 0.389 e. The van der Waals surface area contributed by atoms with E-state index in [0.717, 1.165) is 5.56 Å². The molecule has 0 fully saturated rings. The molecule has 0 saturated heterocycles. The first-order valence-corrected chi connectivity index (χ1v) is 11.2. The lowest BCUT2D eigenvalue weighted by Crippen LogP contribution is -2.54. The first-order chi connectivity index (χ1) is 16.5. The molecule has 1 aliphatic heterocycles. The Bertz CT molecular complexity index is 1120. The molecule has 2 atom stereocenters. The maximum atomic E-state index is 13.5. The Kier molecular flexibility index (Phi) is 7.93. The molecule has 1 aliphatic rings. The number of carbonyl (C=O) groups excluding carboxylic acids is 3. The van der Waals surface area contributed by atoms with Crippen molar-refractivity contribution in [2.24, 2.45) is 4.99 Å². The quantitative estimate of drug-likeness (QED) is 0.624. The third-order valence-electron chi connectivity index (χ3n) is 5.40. The highest BCUT2D eigenvalue weighted by Crippen LogP contribution is 2.29. The zero-order valence-corrected chi connectivity index (χ0v) is 19.6. The minimum atomic E-state index is -4.48. The van der Waals surface area contributed by atoms with E-state index in [4.69, 9.17) is 0 Å². The molecule has 0 aromatic heterocycles. The van der Waals surface area contributed by atoms with Crippen molar-refractivity contribution in [3.63, 3.8) is 0 Å². The van der Waals surface area contributed by atoms with E-state index in [1.54, 1.807) is 11.0 Å². The molecule has 10 heteroatoms. The van der Waals surface area contributed by atoms with Crippen LogP contribution in [-0.2, 0) is 14.4 Å². The van der Waals surface area contributed by atoms with Crippen LogP contribution in [0.5, 0.6) is 0 Å². The summed E-state index contributed by atoms with van der Waals surface area (Å²) in [6, 6.07) is 15.1. The highest BCUT2D eigenvalue weighted by atomic mass is 19.4. The van der Waals surface area contributed by atoms with Crippen molar-refractivity contribution >= 4 is 29.1 Å². The number of aliphatic imine (C=N–C) groups is 1. The van der Waals surface area contributed by atoms with Gasteiger partial charge in [-0.1, -0.05) is 48.5 Å². The molecule has 3 rings (SSSR count). The first-order valence-electron chi connectivity index (χ1n) is 11.2. The van der Waals surface area contributed by atoms with Gasteiger partial charge >= 0.3 is 6.18 Å². The highest BCUT2D eigenvalue weighted by Gasteiger charge is 2.35. The molecule has 0 radical (unpaired) electrons. The van der Waals surface area contributed by atoms with Crippen molar-refractivity contribution in [3.05, 3.63) is 65.7 Å². The largest absolute Gasteiger partial charge is 0.389 e. The number of alkyl halides is 3. The Hall–Kier alpha value is -3.69. The number of nitrogens with one attached hydrogen (secondary N) is 2. The van der Waals surface area contributed by atoms with Crippen molar-refractivity contribution in [3.8, 4) is 0 Å². The molecule has 3 amide bonds. The van der Waals surface area contributed by atoms with Crippen LogP contribution in [0.2, 0.25) is 0 Å². The lowest BCUT2D eigenvalue weighted by atomic mass is 10.00. The molecule has 2 aromatic carbocycles. The molecule has 0 saturated carbocycles. The molecular weight excluding hydrogens is 461 g/mol. The smallest absolute Gasteiger partial charge is 0.345 e. The summed E-state index contributed by atoms with van der Waals surface area (Å²) in [5.41, 5.74) is 2.60. The standard InChI is InChI=1S/C25H27F3N4O3/c1-15(2)32-19-12-8-7-11-18(19)21(17-9-5-4-6-10-17)30-22(24(32)35)31-23(34)16(3)29-20(33)13-14-25(26,27)28/h4-12,15-16,22H,13-14H2,1-3H3,(H,29,33)(H,31,34)/t16-,22?/m0/s1. The summed E-state index contributed by atoms with van der Waals surface area (Å²) < 4.78 is 37.1.